The molecule has 2 aromatic heterocycles. The van der Waals surface area contributed by atoms with Gasteiger partial charge in [0.1, 0.15) is 11.5 Å². The number of nitrogens with zero attached hydrogens (tertiary/aromatic N) is 3. The number of hydrogen-bond acceptors (Lipinski definition) is 3. The Bertz CT molecular complexity index is 1030. The van der Waals surface area contributed by atoms with Crippen molar-refractivity contribution in [1.29, 1.82) is 0 Å². The molecule has 1 fully saturated rings. The van der Waals surface area contributed by atoms with Crippen LogP contribution in [0.15, 0.2) is 22.6 Å². The van der Waals surface area contributed by atoms with Gasteiger partial charge in [0.2, 0.25) is 5.71 Å². The van der Waals surface area contributed by atoms with Gasteiger partial charge in [-0.05, 0) is 64.3 Å². The van der Waals surface area contributed by atoms with Gasteiger partial charge in [0.05, 0.1) is 10.7 Å². The van der Waals surface area contributed by atoms with Gasteiger partial charge in [-0.2, -0.15) is 9.61 Å². The van der Waals surface area contributed by atoms with Gasteiger partial charge in [-0.25, -0.2) is 0 Å². The number of likely N-dealkylation sites (N-methyl/N-ethyl adjacent to an activating group) is 1. The molecule has 1 unspecified atom stereocenters. The van der Waals surface area contributed by atoms with Crippen molar-refractivity contribution in [2.24, 2.45) is 0 Å². The van der Waals surface area contributed by atoms with Crippen molar-refractivity contribution in [1.82, 2.24) is 14.5 Å². The van der Waals surface area contributed by atoms with E-state index in [4.69, 9.17) is 32.7 Å². The van der Waals surface area contributed by atoms with Gasteiger partial charge in [0.25, 0.3) is 0 Å². The van der Waals surface area contributed by atoms with Gasteiger partial charge in [0, 0.05) is 34.7 Å². The number of halogens is 2. The lowest BCUT2D eigenvalue weighted by Gasteiger charge is -2.26. The van der Waals surface area contributed by atoms with Crippen LogP contribution >= 0.6 is 23.2 Å². The average Bonchev–Trinajstić information content (AvgIpc) is 3.45. The predicted octanol–water partition coefficient (Wildman–Crippen LogP) is 6.97. The Morgan fingerprint density at radius 2 is 2.03 bits per heavy atom. The zero-order chi connectivity index (χ0) is 21.4. The van der Waals surface area contributed by atoms with Gasteiger partial charge in [-0.1, -0.05) is 43.5 Å². The Morgan fingerprint density at radius 3 is 2.67 bits per heavy atom. The van der Waals surface area contributed by atoms with Gasteiger partial charge in [0.15, 0.2) is 0 Å². The van der Waals surface area contributed by atoms with E-state index in [1.165, 1.54) is 18.4 Å². The first kappa shape index (κ1) is 21.7. The Balaban J connectivity index is 1.80. The van der Waals surface area contributed by atoms with E-state index >= 15 is 0 Å². The fraction of sp³-hybridized carbons (Fsp3) is 0.542. The van der Waals surface area contributed by atoms with Crippen molar-refractivity contribution in [3.8, 4) is 11.3 Å². The summed E-state index contributed by atoms with van der Waals surface area (Å²) in [5.41, 5.74) is 4.98. The van der Waals surface area contributed by atoms with Crippen molar-refractivity contribution in [3.63, 3.8) is 0 Å². The molecule has 0 N–H and O–H groups in total. The summed E-state index contributed by atoms with van der Waals surface area (Å²) in [5.74, 6) is 0.952. The molecule has 1 aliphatic rings. The van der Waals surface area contributed by atoms with Crippen molar-refractivity contribution in [2.45, 2.75) is 77.8 Å². The number of fused-ring (bicyclic) bond motifs is 1. The molecule has 4 rings (SSSR count). The first-order valence-electron chi connectivity index (χ1n) is 11.1. The summed E-state index contributed by atoms with van der Waals surface area (Å²) in [6.45, 7) is 6.55. The van der Waals surface area contributed by atoms with Crippen LogP contribution in [0.2, 0.25) is 10.0 Å². The molecule has 1 saturated carbocycles. The van der Waals surface area contributed by atoms with Crippen LogP contribution in [0.1, 0.15) is 63.0 Å². The van der Waals surface area contributed by atoms with E-state index in [1.807, 2.05) is 16.6 Å². The highest BCUT2D eigenvalue weighted by atomic mass is 35.5. The van der Waals surface area contributed by atoms with E-state index in [-0.39, 0.29) is 0 Å². The zero-order valence-corrected chi connectivity index (χ0v) is 19.9. The van der Waals surface area contributed by atoms with Crippen LogP contribution in [0, 0.1) is 6.92 Å². The molecule has 0 spiro atoms. The molecular formula is C24H31Cl2N3O. The van der Waals surface area contributed by atoms with Crippen LogP contribution in [-0.4, -0.2) is 33.6 Å². The molecule has 0 saturated heterocycles. The van der Waals surface area contributed by atoms with Crippen LogP contribution in [0.25, 0.3) is 17.0 Å². The number of aromatic nitrogens is 2. The molecule has 6 heteroatoms. The summed E-state index contributed by atoms with van der Waals surface area (Å²) in [5, 5.41) is 6.15. The number of hydrogen-bond donors (Lipinski definition) is 0. The van der Waals surface area contributed by atoms with Crippen molar-refractivity contribution in [2.75, 3.05) is 7.05 Å². The van der Waals surface area contributed by atoms with Crippen molar-refractivity contribution >= 4 is 28.9 Å². The standard InChI is InChI=1S/C24H31Cl2N3O/c1-5-7-8-22-23(19-12-9-16(25)13-21(19)26)29-24(30-22)20(15(3)27-29)14-17(6-2)28(4)18-10-11-18/h9,12-13,17-18H,5-8,10-11,14H2,1-4H3. The molecule has 2 heterocycles. The third-order valence-electron chi connectivity index (χ3n) is 6.39. The Labute approximate surface area is 189 Å². The predicted molar refractivity (Wildman–Crippen MR) is 125 cm³/mol. The summed E-state index contributed by atoms with van der Waals surface area (Å²) in [6.07, 6.45) is 7.73. The first-order valence-corrected chi connectivity index (χ1v) is 11.9. The third-order valence-corrected chi connectivity index (χ3v) is 6.93. The molecule has 1 atom stereocenters. The number of aryl methyl sites for hydroxylation is 2. The van der Waals surface area contributed by atoms with Crippen molar-refractivity contribution < 1.29 is 4.42 Å². The van der Waals surface area contributed by atoms with Crippen LogP contribution in [0.4, 0.5) is 0 Å². The van der Waals surface area contributed by atoms with Crippen LogP contribution in [-0.2, 0) is 12.8 Å². The third kappa shape index (κ3) is 4.15. The maximum absolute atomic E-state index is 6.59. The minimum absolute atomic E-state index is 0.496. The van der Waals surface area contributed by atoms with Crippen LogP contribution in [0.5, 0.6) is 0 Å². The minimum atomic E-state index is 0.496. The fourth-order valence-electron chi connectivity index (χ4n) is 4.36. The molecule has 1 aromatic carbocycles. The van der Waals surface area contributed by atoms with Gasteiger partial charge in [-0.3, -0.25) is 0 Å². The zero-order valence-electron chi connectivity index (χ0n) is 18.3. The van der Waals surface area contributed by atoms with Gasteiger partial charge >= 0.3 is 0 Å². The molecule has 0 radical (unpaired) electrons. The van der Waals surface area contributed by atoms with E-state index in [9.17, 15) is 0 Å². The summed E-state index contributed by atoms with van der Waals surface area (Å²) in [7, 11) is 2.26. The van der Waals surface area contributed by atoms with Gasteiger partial charge < -0.3 is 9.32 Å². The Hall–Kier alpha value is -1.49. The van der Waals surface area contributed by atoms with E-state index in [1.54, 1.807) is 6.07 Å². The van der Waals surface area contributed by atoms with Gasteiger partial charge in [-0.15, -0.1) is 0 Å². The summed E-state index contributed by atoms with van der Waals surface area (Å²) in [4.78, 5) is 2.54. The Kier molecular flexibility index (Phi) is 6.47. The summed E-state index contributed by atoms with van der Waals surface area (Å²) < 4.78 is 8.45. The maximum atomic E-state index is 6.59. The normalized spacial score (nSPS) is 15.4. The largest absolute Gasteiger partial charge is 0.441 e. The lowest BCUT2D eigenvalue weighted by atomic mass is 10.0. The molecule has 162 valence electrons. The maximum Gasteiger partial charge on any atom is 0.225 e. The Morgan fingerprint density at radius 1 is 1.27 bits per heavy atom. The SMILES string of the molecule is CCCCc1oc2c(CC(CC)N(C)C3CC3)c(C)nn2c1-c1ccc(Cl)cc1Cl. The summed E-state index contributed by atoms with van der Waals surface area (Å²) in [6, 6.07) is 6.87. The second-order valence-corrected chi connectivity index (χ2v) is 9.39. The molecule has 0 aliphatic heterocycles. The molecule has 0 bridgehead atoms. The average molecular weight is 448 g/mol. The summed E-state index contributed by atoms with van der Waals surface area (Å²) >= 11 is 12.7. The van der Waals surface area contributed by atoms with E-state index in [2.05, 4.69) is 32.7 Å². The highest BCUT2D eigenvalue weighted by molar-refractivity contribution is 6.36. The van der Waals surface area contributed by atoms with E-state index < -0.39 is 0 Å². The second kappa shape index (κ2) is 8.94. The quantitative estimate of drug-likeness (QED) is 0.355. The van der Waals surface area contributed by atoms with E-state index in [0.717, 1.165) is 66.6 Å². The molecule has 1 aliphatic carbocycles. The fourth-order valence-corrected chi connectivity index (χ4v) is 4.86. The molecule has 0 amide bonds. The number of oxazole rings is 1. The monoisotopic (exact) mass is 447 g/mol. The molecule has 30 heavy (non-hydrogen) atoms. The number of benzene rings is 1. The lowest BCUT2D eigenvalue weighted by molar-refractivity contribution is 0.224. The van der Waals surface area contributed by atoms with E-state index in [0.29, 0.717) is 16.1 Å². The number of rotatable bonds is 9. The van der Waals surface area contributed by atoms with Crippen LogP contribution in [0.3, 0.4) is 0 Å². The topological polar surface area (TPSA) is 33.7 Å². The number of unbranched alkanes of at least 4 members (excludes halogenated alkanes) is 1. The minimum Gasteiger partial charge on any atom is -0.441 e. The lowest BCUT2D eigenvalue weighted by Crippen LogP contribution is -2.34. The van der Waals surface area contributed by atoms with Crippen LogP contribution < -0.4 is 0 Å². The first-order chi connectivity index (χ1) is 14.4. The smallest absolute Gasteiger partial charge is 0.225 e. The van der Waals surface area contributed by atoms with Crippen molar-refractivity contribution in [3.05, 3.63) is 45.3 Å². The highest BCUT2D eigenvalue weighted by Gasteiger charge is 2.32. The second-order valence-electron chi connectivity index (χ2n) is 8.55. The molecule has 3 aromatic rings. The highest BCUT2D eigenvalue weighted by Crippen LogP contribution is 2.37. The molecule has 4 nitrogen and oxygen atoms in total. The molecular weight excluding hydrogens is 417 g/mol.